The number of likely N-dealkylation sites (tertiary alicyclic amines) is 1. The average Bonchev–Trinajstić information content (AvgIpc) is 3.25. The quantitative estimate of drug-likeness (QED) is 0.755. The van der Waals surface area contributed by atoms with E-state index in [4.69, 9.17) is 4.52 Å². The summed E-state index contributed by atoms with van der Waals surface area (Å²) in [7, 11) is 0. The van der Waals surface area contributed by atoms with Gasteiger partial charge in [-0.2, -0.15) is 4.98 Å². The number of allylic oxidation sites excluding steroid dienone is 1. The van der Waals surface area contributed by atoms with E-state index < -0.39 is 0 Å². The molecule has 0 aromatic carbocycles. The molecule has 5 heteroatoms. The molecule has 3 rings (SSSR count). The minimum absolute atomic E-state index is 0.240. The van der Waals surface area contributed by atoms with Crippen LogP contribution in [0.25, 0.3) is 0 Å². The van der Waals surface area contributed by atoms with E-state index in [2.05, 4.69) is 16.7 Å². The highest BCUT2D eigenvalue weighted by molar-refractivity contribution is 5.76. The van der Waals surface area contributed by atoms with Crippen LogP contribution in [0.2, 0.25) is 0 Å². The zero-order valence-corrected chi connectivity index (χ0v) is 12.5. The second kappa shape index (κ2) is 6.41. The van der Waals surface area contributed by atoms with Crippen LogP contribution in [0.15, 0.2) is 17.2 Å². The fourth-order valence-corrected chi connectivity index (χ4v) is 2.95. The number of amides is 1. The number of nitrogens with zero attached hydrogens (tertiary/aromatic N) is 3. The number of hydrogen-bond donors (Lipinski definition) is 0. The summed E-state index contributed by atoms with van der Waals surface area (Å²) < 4.78 is 5.35. The van der Waals surface area contributed by atoms with Gasteiger partial charge in [-0.15, -0.1) is 6.58 Å². The maximum atomic E-state index is 12.1. The van der Waals surface area contributed by atoms with Crippen LogP contribution in [0.1, 0.15) is 56.2 Å². The molecule has 0 unspecified atom stereocenters. The first-order chi connectivity index (χ1) is 10.3. The van der Waals surface area contributed by atoms with Gasteiger partial charge in [0.1, 0.15) is 0 Å². The van der Waals surface area contributed by atoms with Crippen molar-refractivity contribution >= 4 is 5.91 Å². The van der Waals surface area contributed by atoms with Gasteiger partial charge in [0.2, 0.25) is 11.8 Å². The highest BCUT2D eigenvalue weighted by atomic mass is 16.5. The molecular formula is C16H23N3O2. The van der Waals surface area contributed by atoms with E-state index in [9.17, 15) is 4.79 Å². The fourth-order valence-electron chi connectivity index (χ4n) is 2.95. The highest BCUT2D eigenvalue weighted by Gasteiger charge is 2.30. The van der Waals surface area contributed by atoms with Crippen LogP contribution >= 0.6 is 0 Å². The van der Waals surface area contributed by atoms with Crippen LogP contribution in [0, 0.1) is 5.92 Å². The standard InChI is InChI=1S/C16H23N3O2/c1-2-3-6-15(20)19-9-4-5-12(11-19)10-14-17-16(18-21-14)13-7-8-13/h2,12-13H,1,3-11H2/t12-/m0/s1. The van der Waals surface area contributed by atoms with E-state index in [1.54, 1.807) is 6.08 Å². The van der Waals surface area contributed by atoms with Gasteiger partial charge in [-0.05, 0) is 38.0 Å². The number of carbonyl (C=O) groups excluding carboxylic acids is 1. The molecule has 1 saturated heterocycles. The van der Waals surface area contributed by atoms with Crippen molar-refractivity contribution in [1.29, 1.82) is 0 Å². The lowest BCUT2D eigenvalue weighted by molar-refractivity contribution is -0.132. The third-order valence-corrected chi connectivity index (χ3v) is 4.32. The number of hydrogen-bond acceptors (Lipinski definition) is 4. The summed E-state index contributed by atoms with van der Waals surface area (Å²) in [5.74, 6) is 2.83. The molecule has 1 aliphatic heterocycles. The fraction of sp³-hybridized carbons (Fsp3) is 0.688. The van der Waals surface area contributed by atoms with E-state index in [1.807, 2.05) is 4.90 Å². The Morgan fingerprint density at radius 3 is 3.05 bits per heavy atom. The highest BCUT2D eigenvalue weighted by Crippen LogP contribution is 2.38. The number of carbonyl (C=O) groups is 1. The molecule has 1 amide bonds. The molecule has 1 atom stereocenters. The van der Waals surface area contributed by atoms with Gasteiger partial charge in [0.15, 0.2) is 5.82 Å². The zero-order valence-electron chi connectivity index (χ0n) is 12.5. The molecule has 0 radical (unpaired) electrons. The Labute approximate surface area is 125 Å². The third-order valence-electron chi connectivity index (χ3n) is 4.32. The molecule has 21 heavy (non-hydrogen) atoms. The average molecular weight is 289 g/mol. The smallest absolute Gasteiger partial charge is 0.226 e. The molecule has 1 saturated carbocycles. The van der Waals surface area contributed by atoms with Gasteiger partial charge in [0.25, 0.3) is 0 Å². The normalized spacial score (nSPS) is 22.3. The summed E-state index contributed by atoms with van der Waals surface area (Å²) in [6.45, 7) is 5.37. The molecule has 0 spiro atoms. The zero-order chi connectivity index (χ0) is 14.7. The Hall–Kier alpha value is -1.65. The van der Waals surface area contributed by atoms with Gasteiger partial charge in [0, 0.05) is 31.8 Å². The molecule has 2 aliphatic rings. The van der Waals surface area contributed by atoms with E-state index in [0.29, 0.717) is 18.3 Å². The monoisotopic (exact) mass is 289 g/mol. The van der Waals surface area contributed by atoms with Crippen LogP contribution in [0.4, 0.5) is 0 Å². The molecular weight excluding hydrogens is 266 g/mol. The second-order valence-corrected chi connectivity index (χ2v) is 6.20. The van der Waals surface area contributed by atoms with Crippen LogP contribution in [0.5, 0.6) is 0 Å². The van der Waals surface area contributed by atoms with E-state index in [1.165, 1.54) is 12.8 Å². The van der Waals surface area contributed by atoms with Crippen molar-refractivity contribution in [2.75, 3.05) is 13.1 Å². The molecule has 1 aliphatic carbocycles. The summed E-state index contributed by atoms with van der Waals surface area (Å²) in [6.07, 6.45) is 8.50. The van der Waals surface area contributed by atoms with Crippen molar-refractivity contribution in [2.24, 2.45) is 5.92 Å². The molecule has 2 heterocycles. The molecule has 1 aromatic heterocycles. The second-order valence-electron chi connectivity index (χ2n) is 6.20. The van der Waals surface area contributed by atoms with E-state index in [-0.39, 0.29) is 5.91 Å². The summed E-state index contributed by atoms with van der Waals surface area (Å²) >= 11 is 0. The van der Waals surface area contributed by atoms with Crippen molar-refractivity contribution in [1.82, 2.24) is 15.0 Å². The topological polar surface area (TPSA) is 59.2 Å². The van der Waals surface area contributed by atoms with Crippen molar-refractivity contribution in [3.8, 4) is 0 Å². The number of rotatable bonds is 6. The van der Waals surface area contributed by atoms with Gasteiger partial charge >= 0.3 is 0 Å². The van der Waals surface area contributed by atoms with Crippen molar-refractivity contribution in [3.05, 3.63) is 24.4 Å². The van der Waals surface area contributed by atoms with Crippen molar-refractivity contribution in [3.63, 3.8) is 0 Å². The van der Waals surface area contributed by atoms with Gasteiger partial charge in [-0.1, -0.05) is 11.2 Å². The van der Waals surface area contributed by atoms with Crippen molar-refractivity contribution < 1.29 is 9.32 Å². The SMILES string of the molecule is C=CCCC(=O)N1CCC[C@@H](Cc2nc(C3CC3)no2)C1. The Morgan fingerprint density at radius 2 is 2.29 bits per heavy atom. The first kappa shape index (κ1) is 14.3. The minimum atomic E-state index is 0.240. The Kier molecular flexibility index (Phi) is 4.36. The molecule has 1 aromatic rings. The van der Waals surface area contributed by atoms with Gasteiger partial charge in [-0.25, -0.2) is 0 Å². The summed E-state index contributed by atoms with van der Waals surface area (Å²) in [5.41, 5.74) is 0. The first-order valence-electron chi connectivity index (χ1n) is 7.97. The van der Waals surface area contributed by atoms with E-state index in [0.717, 1.165) is 50.5 Å². The molecule has 0 bridgehead atoms. The maximum absolute atomic E-state index is 12.1. The van der Waals surface area contributed by atoms with E-state index >= 15 is 0 Å². The lowest BCUT2D eigenvalue weighted by atomic mass is 9.94. The Balaban J connectivity index is 1.52. The van der Waals surface area contributed by atoms with Crippen LogP contribution in [-0.4, -0.2) is 34.0 Å². The summed E-state index contributed by atoms with van der Waals surface area (Å²) in [5, 5.41) is 4.06. The number of aromatic nitrogens is 2. The Morgan fingerprint density at radius 1 is 1.43 bits per heavy atom. The minimum Gasteiger partial charge on any atom is -0.342 e. The lowest BCUT2D eigenvalue weighted by Crippen LogP contribution is -2.40. The lowest BCUT2D eigenvalue weighted by Gasteiger charge is -2.32. The molecule has 0 N–H and O–H groups in total. The largest absolute Gasteiger partial charge is 0.342 e. The van der Waals surface area contributed by atoms with Crippen molar-refractivity contribution in [2.45, 2.75) is 50.9 Å². The predicted molar refractivity (Wildman–Crippen MR) is 78.7 cm³/mol. The maximum Gasteiger partial charge on any atom is 0.226 e. The van der Waals surface area contributed by atoms with Gasteiger partial charge in [0.05, 0.1) is 0 Å². The predicted octanol–water partition coefficient (Wildman–Crippen LogP) is 2.69. The molecule has 5 nitrogen and oxygen atoms in total. The molecule has 114 valence electrons. The van der Waals surface area contributed by atoms with Crippen LogP contribution in [-0.2, 0) is 11.2 Å². The third kappa shape index (κ3) is 3.71. The first-order valence-corrected chi connectivity index (χ1v) is 7.97. The number of piperidine rings is 1. The summed E-state index contributed by atoms with van der Waals surface area (Å²) in [6, 6.07) is 0. The molecule has 2 fully saturated rings. The van der Waals surface area contributed by atoms with Gasteiger partial charge < -0.3 is 9.42 Å². The Bertz CT molecular complexity index is 507. The van der Waals surface area contributed by atoms with Gasteiger partial charge in [-0.3, -0.25) is 4.79 Å². The summed E-state index contributed by atoms with van der Waals surface area (Å²) in [4.78, 5) is 18.6. The van der Waals surface area contributed by atoms with Crippen LogP contribution < -0.4 is 0 Å². The van der Waals surface area contributed by atoms with Crippen LogP contribution in [0.3, 0.4) is 0 Å².